The van der Waals surface area contributed by atoms with Gasteiger partial charge in [0.15, 0.2) is 5.82 Å². The Bertz CT molecular complexity index is 424. The Kier molecular flexibility index (Phi) is 3.58. The van der Waals surface area contributed by atoms with E-state index in [0.717, 1.165) is 44.3 Å². The first-order valence-corrected chi connectivity index (χ1v) is 7.31. The molecule has 5 heteroatoms. The molecule has 2 saturated heterocycles. The van der Waals surface area contributed by atoms with Crippen LogP contribution in [0.25, 0.3) is 0 Å². The molecular weight excluding hydrogens is 242 g/mol. The Morgan fingerprint density at radius 3 is 2.79 bits per heavy atom. The van der Waals surface area contributed by atoms with E-state index in [0.29, 0.717) is 5.92 Å². The number of ether oxygens (including phenoxy) is 1. The van der Waals surface area contributed by atoms with Crippen molar-refractivity contribution in [2.24, 2.45) is 5.41 Å². The van der Waals surface area contributed by atoms with Gasteiger partial charge < -0.3 is 14.6 Å². The molecule has 0 saturated carbocycles. The van der Waals surface area contributed by atoms with Crippen LogP contribution in [0.4, 0.5) is 0 Å². The Balaban J connectivity index is 1.76. The molecule has 2 fully saturated rings. The van der Waals surface area contributed by atoms with Crippen LogP contribution in [-0.4, -0.2) is 29.9 Å². The molecule has 0 aromatic carbocycles. The van der Waals surface area contributed by atoms with E-state index in [1.54, 1.807) is 0 Å². The van der Waals surface area contributed by atoms with E-state index < -0.39 is 0 Å². The van der Waals surface area contributed by atoms with Gasteiger partial charge in [0.05, 0.1) is 6.04 Å². The molecule has 1 unspecified atom stereocenters. The van der Waals surface area contributed by atoms with Crippen molar-refractivity contribution in [2.75, 3.05) is 19.8 Å². The summed E-state index contributed by atoms with van der Waals surface area (Å²) in [5.41, 5.74) is 0.178. The lowest BCUT2D eigenvalue weighted by Gasteiger charge is -2.36. The van der Waals surface area contributed by atoms with Gasteiger partial charge in [-0.05, 0) is 37.6 Å². The minimum atomic E-state index is 0.178. The van der Waals surface area contributed by atoms with Gasteiger partial charge in [0, 0.05) is 19.1 Å². The molecule has 0 bridgehead atoms. The van der Waals surface area contributed by atoms with Crippen LogP contribution in [0, 0.1) is 5.41 Å². The molecule has 5 nitrogen and oxygen atoms in total. The summed E-state index contributed by atoms with van der Waals surface area (Å²) in [4.78, 5) is 4.66. The van der Waals surface area contributed by atoms with E-state index in [1.807, 2.05) is 0 Å². The number of nitrogens with one attached hydrogen (secondary N) is 1. The topological polar surface area (TPSA) is 60.2 Å². The maximum Gasteiger partial charge on any atom is 0.244 e. The molecule has 1 N–H and O–H groups in total. The molecule has 3 rings (SSSR count). The van der Waals surface area contributed by atoms with Crippen molar-refractivity contribution in [3.05, 3.63) is 11.7 Å². The molecule has 0 spiro atoms. The summed E-state index contributed by atoms with van der Waals surface area (Å²) in [6.45, 7) is 7.18. The normalized spacial score (nSPS) is 28.4. The number of hydrogen-bond acceptors (Lipinski definition) is 5. The second kappa shape index (κ2) is 5.21. The average Bonchev–Trinajstić information content (AvgIpc) is 2.88. The molecule has 19 heavy (non-hydrogen) atoms. The lowest BCUT2D eigenvalue weighted by Crippen LogP contribution is -2.39. The largest absolute Gasteiger partial charge is 0.381 e. The first kappa shape index (κ1) is 13.1. The van der Waals surface area contributed by atoms with Crippen molar-refractivity contribution in [2.45, 2.75) is 51.5 Å². The third-order valence-corrected chi connectivity index (χ3v) is 4.42. The summed E-state index contributed by atoms with van der Waals surface area (Å²) in [6.07, 6.45) is 4.41. The van der Waals surface area contributed by atoms with Gasteiger partial charge in [0.1, 0.15) is 0 Å². The Morgan fingerprint density at radius 2 is 2.05 bits per heavy atom. The second-order valence-corrected chi connectivity index (χ2v) is 6.36. The van der Waals surface area contributed by atoms with Crippen LogP contribution >= 0.6 is 0 Å². The minimum absolute atomic E-state index is 0.178. The molecule has 0 amide bonds. The zero-order valence-corrected chi connectivity index (χ0v) is 11.8. The quantitative estimate of drug-likeness (QED) is 0.889. The van der Waals surface area contributed by atoms with E-state index in [1.165, 1.54) is 12.8 Å². The molecule has 1 atom stereocenters. The summed E-state index contributed by atoms with van der Waals surface area (Å²) in [5, 5.41) is 7.72. The fourth-order valence-corrected chi connectivity index (χ4v) is 3.12. The van der Waals surface area contributed by atoms with Crippen molar-refractivity contribution in [3.8, 4) is 0 Å². The lowest BCUT2D eigenvalue weighted by molar-refractivity contribution is 0.0830. The van der Waals surface area contributed by atoms with E-state index in [4.69, 9.17) is 9.26 Å². The molecule has 0 radical (unpaired) electrons. The fraction of sp³-hybridized carbons (Fsp3) is 0.857. The van der Waals surface area contributed by atoms with Crippen LogP contribution in [0.5, 0.6) is 0 Å². The van der Waals surface area contributed by atoms with E-state index in [9.17, 15) is 0 Å². The van der Waals surface area contributed by atoms with E-state index >= 15 is 0 Å². The van der Waals surface area contributed by atoms with Gasteiger partial charge >= 0.3 is 0 Å². The van der Waals surface area contributed by atoms with Gasteiger partial charge in [0.25, 0.3) is 0 Å². The van der Waals surface area contributed by atoms with Gasteiger partial charge in [-0.1, -0.05) is 19.0 Å². The van der Waals surface area contributed by atoms with E-state index in [-0.39, 0.29) is 11.5 Å². The highest BCUT2D eigenvalue weighted by Gasteiger charge is 2.37. The fourth-order valence-electron chi connectivity index (χ4n) is 3.12. The maximum absolute atomic E-state index is 5.53. The Morgan fingerprint density at radius 1 is 1.26 bits per heavy atom. The first-order valence-electron chi connectivity index (χ1n) is 7.31. The van der Waals surface area contributed by atoms with Crippen LogP contribution in [-0.2, 0) is 4.74 Å². The second-order valence-electron chi connectivity index (χ2n) is 6.36. The molecule has 2 aliphatic rings. The number of hydrogen-bond donors (Lipinski definition) is 1. The monoisotopic (exact) mass is 265 g/mol. The minimum Gasteiger partial charge on any atom is -0.381 e. The zero-order valence-electron chi connectivity index (χ0n) is 11.8. The van der Waals surface area contributed by atoms with Gasteiger partial charge in [-0.2, -0.15) is 4.98 Å². The van der Waals surface area contributed by atoms with Crippen molar-refractivity contribution in [3.63, 3.8) is 0 Å². The summed E-state index contributed by atoms with van der Waals surface area (Å²) in [7, 11) is 0. The highest BCUT2D eigenvalue weighted by atomic mass is 16.5. The van der Waals surface area contributed by atoms with Crippen molar-refractivity contribution in [1.29, 1.82) is 0 Å². The third-order valence-electron chi connectivity index (χ3n) is 4.42. The van der Waals surface area contributed by atoms with Crippen molar-refractivity contribution >= 4 is 0 Å². The smallest absolute Gasteiger partial charge is 0.244 e. The molecule has 2 aliphatic heterocycles. The highest BCUT2D eigenvalue weighted by Crippen LogP contribution is 2.39. The van der Waals surface area contributed by atoms with Crippen molar-refractivity contribution < 1.29 is 9.26 Å². The SMILES string of the molecule is CC1(C)CCCNC1c1nc(C2CCOCC2)no1. The van der Waals surface area contributed by atoms with Crippen LogP contribution < -0.4 is 5.32 Å². The summed E-state index contributed by atoms with van der Waals surface area (Å²) < 4.78 is 10.9. The molecular formula is C14H23N3O2. The maximum atomic E-state index is 5.53. The van der Waals surface area contributed by atoms with Crippen LogP contribution in [0.15, 0.2) is 4.52 Å². The van der Waals surface area contributed by atoms with Gasteiger partial charge in [-0.15, -0.1) is 0 Å². The predicted octanol–water partition coefficient (Wildman–Crippen LogP) is 2.41. The molecule has 3 heterocycles. The molecule has 1 aromatic heterocycles. The summed E-state index contributed by atoms with van der Waals surface area (Å²) >= 11 is 0. The predicted molar refractivity (Wildman–Crippen MR) is 70.9 cm³/mol. The molecule has 1 aromatic rings. The standard InChI is InChI=1S/C14H23N3O2/c1-14(2)6-3-7-15-11(14)13-16-12(17-19-13)10-4-8-18-9-5-10/h10-11,15H,3-9H2,1-2H3. The number of aromatic nitrogens is 2. The highest BCUT2D eigenvalue weighted by molar-refractivity contribution is 5.04. The zero-order chi connectivity index (χ0) is 13.3. The first-order chi connectivity index (χ1) is 9.17. The third kappa shape index (κ3) is 2.67. The Hall–Kier alpha value is -0.940. The van der Waals surface area contributed by atoms with Crippen LogP contribution in [0.1, 0.15) is 63.2 Å². The van der Waals surface area contributed by atoms with Crippen molar-refractivity contribution in [1.82, 2.24) is 15.5 Å². The average molecular weight is 265 g/mol. The molecule has 0 aliphatic carbocycles. The van der Waals surface area contributed by atoms with Crippen LogP contribution in [0.2, 0.25) is 0 Å². The number of rotatable bonds is 2. The molecule has 106 valence electrons. The Labute approximate surface area is 114 Å². The lowest BCUT2D eigenvalue weighted by atomic mass is 9.77. The van der Waals surface area contributed by atoms with Crippen LogP contribution in [0.3, 0.4) is 0 Å². The van der Waals surface area contributed by atoms with E-state index in [2.05, 4.69) is 29.3 Å². The summed E-state index contributed by atoms with van der Waals surface area (Å²) in [5.74, 6) is 2.02. The number of piperidine rings is 1. The number of nitrogens with zero attached hydrogens (tertiary/aromatic N) is 2. The summed E-state index contributed by atoms with van der Waals surface area (Å²) in [6, 6.07) is 0.183. The van der Waals surface area contributed by atoms with Gasteiger partial charge in [-0.25, -0.2) is 0 Å². The van der Waals surface area contributed by atoms with Gasteiger partial charge in [0.2, 0.25) is 5.89 Å². The van der Waals surface area contributed by atoms with Gasteiger partial charge in [-0.3, -0.25) is 0 Å².